The highest BCUT2D eigenvalue weighted by Gasteiger charge is 2.35. The average molecular weight is 284 g/mol. The van der Waals surface area contributed by atoms with E-state index in [0.29, 0.717) is 5.82 Å². The number of rotatable bonds is 2. The lowest BCUT2D eigenvalue weighted by atomic mass is 10.1. The number of nitrogens with two attached hydrogens (primary N) is 1. The maximum Gasteiger partial charge on any atom is 0.431 e. The second kappa shape index (κ2) is 4.91. The summed E-state index contributed by atoms with van der Waals surface area (Å²) in [5.41, 5.74) is 4.01. The van der Waals surface area contributed by atoms with E-state index in [4.69, 9.17) is 5.73 Å². The smallest absolute Gasteiger partial charge is 0.394 e. The summed E-state index contributed by atoms with van der Waals surface area (Å²) in [6.07, 6.45) is -0.997. The Kier molecular flexibility index (Phi) is 3.43. The third-order valence-electron chi connectivity index (χ3n) is 2.66. The molecule has 0 aromatic carbocycles. The second-order valence-electron chi connectivity index (χ2n) is 3.96. The van der Waals surface area contributed by atoms with Gasteiger partial charge in [0.2, 0.25) is 0 Å². The van der Waals surface area contributed by atoms with E-state index in [1.165, 1.54) is 24.0 Å². The normalized spacial score (nSPS) is 14.1. The van der Waals surface area contributed by atoms with E-state index < -0.39 is 11.9 Å². The fourth-order valence-corrected chi connectivity index (χ4v) is 1.69. The number of aryl methyl sites for hydroxylation is 1. The molecule has 0 amide bonds. The molecule has 0 bridgehead atoms. The third-order valence-corrected chi connectivity index (χ3v) is 2.66. The molecule has 0 radical (unpaired) electrons. The van der Waals surface area contributed by atoms with Crippen molar-refractivity contribution in [2.24, 2.45) is 10.7 Å². The van der Waals surface area contributed by atoms with Gasteiger partial charge in [0, 0.05) is 30.6 Å². The van der Waals surface area contributed by atoms with E-state index >= 15 is 0 Å². The van der Waals surface area contributed by atoms with Crippen LogP contribution < -0.4 is 5.73 Å². The van der Waals surface area contributed by atoms with Crippen LogP contribution in [-0.4, -0.2) is 39.0 Å². The summed E-state index contributed by atoms with van der Waals surface area (Å²) in [6.45, 7) is 1.69. The molecule has 0 saturated heterocycles. The topological polar surface area (TPSA) is 81.5 Å². The Morgan fingerprint density at radius 3 is 2.75 bits per heavy atom. The molecule has 0 aliphatic rings. The van der Waals surface area contributed by atoms with Gasteiger partial charge in [0.25, 0.3) is 0 Å². The first-order valence-electron chi connectivity index (χ1n) is 5.51. The van der Waals surface area contributed by atoms with Crippen LogP contribution in [0.1, 0.15) is 11.4 Å². The Morgan fingerprint density at radius 1 is 1.45 bits per heavy atom. The van der Waals surface area contributed by atoms with Gasteiger partial charge in [-0.1, -0.05) is 0 Å². The van der Waals surface area contributed by atoms with Crippen molar-refractivity contribution in [2.75, 3.05) is 7.05 Å². The Hall–Kier alpha value is -2.45. The van der Waals surface area contributed by atoms with Gasteiger partial charge in [-0.25, -0.2) is 4.98 Å². The molecule has 2 aromatic rings. The lowest BCUT2D eigenvalue weighted by Gasteiger charge is -2.12. The minimum absolute atomic E-state index is 0.119. The van der Waals surface area contributed by atoms with Gasteiger partial charge in [-0.15, -0.1) is 10.2 Å². The molecule has 0 unspecified atom stereocenters. The Bertz CT molecular complexity index is 698. The molecule has 0 atom stereocenters. The Morgan fingerprint density at radius 2 is 2.15 bits per heavy atom. The summed E-state index contributed by atoms with van der Waals surface area (Å²) < 4.78 is 39.9. The summed E-state index contributed by atoms with van der Waals surface area (Å²) in [6, 6.07) is 0. The van der Waals surface area contributed by atoms with Crippen molar-refractivity contribution in [3.8, 4) is 0 Å². The number of hydrogen-bond acceptors (Lipinski definition) is 5. The van der Waals surface area contributed by atoms with E-state index in [2.05, 4.69) is 20.2 Å². The standard InChI is InChI=1S/C11H11F3N6/c1-6-17-4-8(10-19-18-5-20(6)10)7(3-16-2)9(15)11(12,13)14/h3-5H,15H2,1-2H3. The Balaban J connectivity index is 2.78. The number of hydrogen-bond donors (Lipinski definition) is 1. The van der Waals surface area contributed by atoms with Crippen LogP contribution in [0, 0.1) is 6.92 Å². The number of allylic oxidation sites excluding steroid dienone is 2. The van der Waals surface area contributed by atoms with E-state index in [-0.39, 0.29) is 16.8 Å². The second-order valence-corrected chi connectivity index (χ2v) is 3.96. The van der Waals surface area contributed by atoms with Crippen molar-refractivity contribution in [2.45, 2.75) is 13.1 Å². The Labute approximate surface area is 111 Å². The highest BCUT2D eigenvalue weighted by molar-refractivity contribution is 6.13. The highest BCUT2D eigenvalue weighted by Crippen LogP contribution is 2.29. The molecule has 0 spiro atoms. The lowest BCUT2D eigenvalue weighted by molar-refractivity contribution is -0.0918. The van der Waals surface area contributed by atoms with E-state index in [1.54, 1.807) is 6.92 Å². The fourth-order valence-electron chi connectivity index (χ4n) is 1.69. The summed E-state index contributed by atoms with van der Waals surface area (Å²) in [5, 5.41) is 7.47. The quantitative estimate of drug-likeness (QED) is 0.844. The zero-order valence-electron chi connectivity index (χ0n) is 10.7. The molecular weight excluding hydrogens is 273 g/mol. The van der Waals surface area contributed by atoms with E-state index in [0.717, 1.165) is 6.21 Å². The molecule has 2 N–H and O–H groups in total. The monoisotopic (exact) mass is 284 g/mol. The van der Waals surface area contributed by atoms with Crippen LogP contribution in [0.3, 0.4) is 0 Å². The van der Waals surface area contributed by atoms with Gasteiger partial charge in [-0.2, -0.15) is 13.2 Å². The van der Waals surface area contributed by atoms with Crippen molar-refractivity contribution in [3.05, 3.63) is 29.6 Å². The van der Waals surface area contributed by atoms with Crippen LogP contribution in [0.15, 0.2) is 23.2 Å². The molecule has 6 nitrogen and oxygen atoms in total. The third kappa shape index (κ3) is 2.33. The number of aromatic nitrogens is 4. The molecule has 9 heteroatoms. The first kappa shape index (κ1) is 14.0. The predicted octanol–water partition coefficient (Wildman–Crippen LogP) is 1.37. The van der Waals surface area contributed by atoms with Gasteiger partial charge >= 0.3 is 6.18 Å². The maximum absolute atomic E-state index is 12.8. The molecule has 0 aliphatic heterocycles. The fraction of sp³-hybridized carbons (Fsp3) is 0.273. The summed E-state index contributed by atoms with van der Waals surface area (Å²) in [4.78, 5) is 7.62. The summed E-state index contributed by atoms with van der Waals surface area (Å²) in [5.74, 6) is 0.548. The van der Waals surface area contributed by atoms with Gasteiger partial charge in [-0.3, -0.25) is 9.39 Å². The summed E-state index contributed by atoms with van der Waals surface area (Å²) in [7, 11) is 1.35. The van der Waals surface area contributed by atoms with Crippen LogP contribution in [0.5, 0.6) is 0 Å². The van der Waals surface area contributed by atoms with Crippen molar-refractivity contribution in [1.29, 1.82) is 0 Å². The molecule has 20 heavy (non-hydrogen) atoms. The average Bonchev–Trinajstić information content (AvgIpc) is 2.85. The predicted molar refractivity (Wildman–Crippen MR) is 67.1 cm³/mol. The molecule has 106 valence electrons. The molecule has 2 aromatic heterocycles. The van der Waals surface area contributed by atoms with Crippen molar-refractivity contribution in [3.63, 3.8) is 0 Å². The first-order valence-corrected chi connectivity index (χ1v) is 5.51. The minimum Gasteiger partial charge on any atom is -0.394 e. The minimum atomic E-state index is -4.67. The van der Waals surface area contributed by atoms with Gasteiger partial charge < -0.3 is 5.73 Å². The van der Waals surface area contributed by atoms with Crippen LogP contribution in [-0.2, 0) is 0 Å². The number of fused-ring (bicyclic) bond motifs is 1. The molecule has 0 saturated carbocycles. The number of aliphatic imine (C=N–C) groups is 1. The maximum atomic E-state index is 12.8. The van der Waals surface area contributed by atoms with Crippen LogP contribution in [0.4, 0.5) is 13.2 Å². The van der Waals surface area contributed by atoms with Crippen LogP contribution in [0.25, 0.3) is 11.2 Å². The van der Waals surface area contributed by atoms with Gasteiger partial charge in [-0.05, 0) is 6.92 Å². The molecule has 0 fully saturated rings. The molecule has 2 rings (SSSR count). The van der Waals surface area contributed by atoms with Crippen molar-refractivity contribution in [1.82, 2.24) is 19.6 Å². The number of nitrogens with zero attached hydrogens (tertiary/aromatic N) is 5. The van der Waals surface area contributed by atoms with Gasteiger partial charge in [0.1, 0.15) is 17.8 Å². The zero-order chi connectivity index (χ0) is 14.9. The lowest BCUT2D eigenvalue weighted by Crippen LogP contribution is -2.22. The van der Waals surface area contributed by atoms with E-state index in [1.807, 2.05) is 0 Å². The number of alkyl halides is 3. The molecular formula is C11H11F3N6. The first-order chi connectivity index (χ1) is 9.36. The zero-order valence-corrected chi connectivity index (χ0v) is 10.7. The molecule has 0 aliphatic carbocycles. The van der Waals surface area contributed by atoms with Crippen LogP contribution >= 0.6 is 0 Å². The van der Waals surface area contributed by atoms with Gasteiger partial charge in [0.05, 0.1) is 0 Å². The SMILES string of the molecule is CN=CC(=C(N)C(F)(F)F)c1cnc(C)n2cnnc12. The number of halogens is 3. The summed E-state index contributed by atoms with van der Waals surface area (Å²) >= 11 is 0. The van der Waals surface area contributed by atoms with Gasteiger partial charge in [0.15, 0.2) is 5.65 Å². The largest absolute Gasteiger partial charge is 0.431 e. The van der Waals surface area contributed by atoms with Crippen LogP contribution in [0.2, 0.25) is 0 Å². The molecule has 2 heterocycles. The van der Waals surface area contributed by atoms with Crippen molar-refractivity contribution < 1.29 is 13.2 Å². The van der Waals surface area contributed by atoms with E-state index in [9.17, 15) is 13.2 Å². The van der Waals surface area contributed by atoms with Crippen molar-refractivity contribution >= 4 is 17.4 Å². The highest BCUT2D eigenvalue weighted by atomic mass is 19.4.